The van der Waals surface area contributed by atoms with Gasteiger partial charge < -0.3 is 9.84 Å². The van der Waals surface area contributed by atoms with Crippen molar-refractivity contribution in [2.75, 3.05) is 13.2 Å². The Bertz CT molecular complexity index is 354. The van der Waals surface area contributed by atoms with Gasteiger partial charge in [0.05, 0.1) is 12.9 Å². The number of aliphatic hydroxyl groups is 1. The van der Waals surface area contributed by atoms with Crippen LogP contribution in [0.2, 0.25) is 0 Å². The van der Waals surface area contributed by atoms with Crippen molar-refractivity contribution in [2.45, 2.75) is 200 Å². The first kappa shape index (κ1) is 38.6. The molecule has 0 aromatic heterocycles. The second kappa shape index (κ2) is 40.0. The molecule has 0 bridgehead atoms. The van der Waals surface area contributed by atoms with Gasteiger partial charge >= 0.3 is 0 Å². The fraction of sp³-hybridized carbons (Fsp3) is 0.943. The topological polar surface area (TPSA) is 29.5 Å². The van der Waals surface area contributed by atoms with Gasteiger partial charge in [-0.05, 0) is 12.8 Å². The number of hydrogen-bond acceptors (Lipinski definition) is 2. The van der Waals surface area contributed by atoms with Crippen LogP contribution < -0.4 is 0 Å². The van der Waals surface area contributed by atoms with E-state index in [2.05, 4.69) is 20.4 Å². The average Bonchev–Trinajstić information content (AvgIpc) is 2.91. The maximum atomic E-state index is 8.64. The minimum absolute atomic E-state index is 0.373. The molecule has 0 amide bonds. The maximum absolute atomic E-state index is 8.64. The first-order chi connectivity index (χ1) is 18.3. The third-order valence-corrected chi connectivity index (χ3v) is 7.50. The van der Waals surface area contributed by atoms with Crippen molar-refractivity contribution in [1.82, 2.24) is 0 Å². The van der Waals surface area contributed by atoms with Crippen molar-refractivity contribution in [2.24, 2.45) is 0 Å². The van der Waals surface area contributed by atoms with Crippen LogP contribution in [0.1, 0.15) is 200 Å². The highest BCUT2D eigenvalue weighted by Crippen LogP contribution is 2.14. The summed E-state index contributed by atoms with van der Waals surface area (Å²) >= 11 is 0. The van der Waals surface area contributed by atoms with E-state index in [1.807, 2.05) is 0 Å². The lowest BCUT2D eigenvalue weighted by Gasteiger charge is -2.03. The van der Waals surface area contributed by atoms with Crippen molar-refractivity contribution in [3.8, 4) is 0 Å². The Morgan fingerprint density at radius 3 is 0.892 bits per heavy atom. The summed E-state index contributed by atoms with van der Waals surface area (Å²) in [5.74, 6) is 0. The molecule has 0 aliphatic rings. The molecular weight excluding hydrogens is 452 g/mol. The zero-order chi connectivity index (χ0) is 27.3. The fourth-order valence-electron chi connectivity index (χ4n) is 4.95. The number of rotatable bonds is 31. The standard InChI is InChI=1S/C19H38O.C16H34O/c1-3-5-6-7-8-9-10-11-12-13-14-15-16-17-18-19-20-4-2;1-2-3-4-5-6-7-8-9-10-11-12-13-14-15-16-17/h4H,2-3,5-19H2,1H3;17H,2-16H2,1H3. The van der Waals surface area contributed by atoms with Gasteiger partial charge in [-0.15, -0.1) is 0 Å². The third kappa shape index (κ3) is 42.8. The molecule has 1 N–H and O–H groups in total. The van der Waals surface area contributed by atoms with E-state index in [0.29, 0.717) is 6.61 Å². The van der Waals surface area contributed by atoms with Gasteiger partial charge in [-0.1, -0.05) is 194 Å². The lowest BCUT2D eigenvalue weighted by Crippen LogP contribution is -1.87. The Balaban J connectivity index is 0. The summed E-state index contributed by atoms with van der Waals surface area (Å²) in [6.07, 6.45) is 41.9. The molecule has 0 saturated carbocycles. The summed E-state index contributed by atoms with van der Waals surface area (Å²) in [6, 6.07) is 0. The largest absolute Gasteiger partial charge is 0.502 e. The minimum Gasteiger partial charge on any atom is -0.502 e. The zero-order valence-electron chi connectivity index (χ0n) is 26.1. The molecule has 0 heterocycles. The molecule has 0 aliphatic heterocycles. The van der Waals surface area contributed by atoms with E-state index < -0.39 is 0 Å². The van der Waals surface area contributed by atoms with Crippen LogP contribution in [0.25, 0.3) is 0 Å². The number of ether oxygens (including phenoxy) is 1. The van der Waals surface area contributed by atoms with Crippen LogP contribution in [0.3, 0.4) is 0 Å². The molecule has 0 radical (unpaired) electrons. The second-order valence-corrected chi connectivity index (χ2v) is 11.3. The highest BCUT2D eigenvalue weighted by Gasteiger charge is 1.95. The highest BCUT2D eigenvalue weighted by molar-refractivity contribution is 4.52. The fourth-order valence-corrected chi connectivity index (χ4v) is 4.95. The molecule has 0 aromatic rings. The van der Waals surface area contributed by atoms with Gasteiger partial charge in [0.2, 0.25) is 0 Å². The number of hydrogen-bond donors (Lipinski definition) is 1. The first-order valence-corrected chi connectivity index (χ1v) is 17.2. The third-order valence-electron chi connectivity index (χ3n) is 7.50. The summed E-state index contributed by atoms with van der Waals surface area (Å²) in [6.45, 7) is 9.33. The molecule has 224 valence electrons. The van der Waals surface area contributed by atoms with Crippen LogP contribution in [-0.4, -0.2) is 18.3 Å². The molecule has 2 nitrogen and oxygen atoms in total. The van der Waals surface area contributed by atoms with Crippen LogP contribution in [-0.2, 0) is 4.74 Å². The van der Waals surface area contributed by atoms with Gasteiger partial charge in [0.25, 0.3) is 0 Å². The van der Waals surface area contributed by atoms with Crippen molar-refractivity contribution in [1.29, 1.82) is 0 Å². The SMILES string of the molecule is C=COCCCCCCCCCCCCCCCCC.CCCCCCCCCCCCCCCCO. The smallest absolute Gasteiger partial charge is 0.0873 e. The summed E-state index contributed by atoms with van der Waals surface area (Å²) in [7, 11) is 0. The minimum atomic E-state index is 0.373. The van der Waals surface area contributed by atoms with Crippen LogP contribution >= 0.6 is 0 Å². The number of unbranched alkanes of at least 4 members (excludes halogenated alkanes) is 27. The normalized spacial score (nSPS) is 10.8. The van der Waals surface area contributed by atoms with Gasteiger partial charge in [-0.2, -0.15) is 0 Å². The molecule has 0 aromatic carbocycles. The lowest BCUT2D eigenvalue weighted by atomic mass is 10.0. The van der Waals surface area contributed by atoms with Gasteiger partial charge in [0.1, 0.15) is 0 Å². The van der Waals surface area contributed by atoms with E-state index in [9.17, 15) is 0 Å². The lowest BCUT2D eigenvalue weighted by molar-refractivity contribution is 0.241. The first-order valence-electron chi connectivity index (χ1n) is 17.2. The summed E-state index contributed by atoms with van der Waals surface area (Å²) in [5, 5.41) is 8.64. The Labute approximate surface area is 235 Å². The monoisotopic (exact) mass is 525 g/mol. The molecule has 0 spiro atoms. The quantitative estimate of drug-likeness (QED) is 0.0721. The van der Waals surface area contributed by atoms with E-state index in [-0.39, 0.29) is 0 Å². The van der Waals surface area contributed by atoms with E-state index in [1.165, 1.54) is 180 Å². The van der Waals surface area contributed by atoms with Crippen molar-refractivity contribution < 1.29 is 9.84 Å². The van der Waals surface area contributed by atoms with Gasteiger partial charge in [-0.25, -0.2) is 0 Å². The average molecular weight is 525 g/mol. The molecule has 0 atom stereocenters. The predicted molar refractivity (Wildman–Crippen MR) is 168 cm³/mol. The Morgan fingerprint density at radius 2 is 0.649 bits per heavy atom. The molecule has 37 heavy (non-hydrogen) atoms. The Morgan fingerprint density at radius 1 is 0.405 bits per heavy atom. The van der Waals surface area contributed by atoms with E-state index in [1.54, 1.807) is 6.26 Å². The van der Waals surface area contributed by atoms with Gasteiger partial charge in [0.15, 0.2) is 0 Å². The molecule has 0 saturated heterocycles. The summed E-state index contributed by atoms with van der Waals surface area (Å²) in [5.41, 5.74) is 0. The molecule has 2 heteroatoms. The second-order valence-electron chi connectivity index (χ2n) is 11.3. The van der Waals surface area contributed by atoms with Gasteiger partial charge in [-0.3, -0.25) is 0 Å². The number of aliphatic hydroxyl groups excluding tert-OH is 1. The zero-order valence-corrected chi connectivity index (χ0v) is 26.1. The van der Waals surface area contributed by atoms with Crippen molar-refractivity contribution in [3.63, 3.8) is 0 Å². The molecule has 0 aliphatic carbocycles. The van der Waals surface area contributed by atoms with E-state index in [4.69, 9.17) is 9.84 Å². The Kier molecular flexibility index (Phi) is 41.8. The van der Waals surface area contributed by atoms with Crippen LogP contribution in [0.5, 0.6) is 0 Å². The highest BCUT2D eigenvalue weighted by atomic mass is 16.5. The summed E-state index contributed by atoms with van der Waals surface area (Å²) in [4.78, 5) is 0. The summed E-state index contributed by atoms with van der Waals surface area (Å²) < 4.78 is 5.11. The van der Waals surface area contributed by atoms with Gasteiger partial charge in [0, 0.05) is 6.61 Å². The van der Waals surface area contributed by atoms with Crippen LogP contribution in [0, 0.1) is 0 Å². The Hall–Kier alpha value is -0.500. The molecule has 0 unspecified atom stereocenters. The van der Waals surface area contributed by atoms with E-state index >= 15 is 0 Å². The molecule has 0 rings (SSSR count). The maximum Gasteiger partial charge on any atom is 0.0873 e. The van der Waals surface area contributed by atoms with Crippen LogP contribution in [0.15, 0.2) is 12.8 Å². The molecular formula is C35H72O2. The molecule has 0 fully saturated rings. The van der Waals surface area contributed by atoms with E-state index in [0.717, 1.165) is 13.0 Å². The van der Waals surface area contributed by atoms with Crippen LogP contribution in [0.4, 0.5) is 0 Å². The van der Waals surface area contributed by atoms with Crippen molar-refractivity contribution in [3.05, 3.63) is 12.8 Å². The predicted octanol–water partition coefficient (Wildman–Crippen LogP) is 12.5. The van der Waals surface area contributed by atoms with Crippen molar-refractivity contribution >= 4 is 0 Å².